The minimum absolute atomic E-state index is 0.0542. The van der Waals surface area contributed by atoms with E-state index in [2.05, 4.69) is 33.4 Å². The lowest BCUT2D eigenvalue weighted by Crippen LogP contribution is -2.53. The molecule has 2 bridgehead atoms. The van der Waals surface area contributed by atoms with Crippen molar-refractivity contribution < 1.29 is 5.11 Å². The second-order valence-corrected chi connectivity index (χ2v) is 9.24. The molecule has 0 aromatic rings. The van der Waals surface area contributed by atoms with Gasteiger partial charge in [0, 0.05) is 5.41 Å². The van der Waals surface area contributed by atoms with Gasteiger partial charge in [0.1, 0.15) is 0 Å². The Morgan fingerprint density at radius 1 is 1.19 bits per heavy atom. The monoisotopic (exact) mass is 286 g/mol. The molecule has 0 amide bonds. The van der Waals surface area contributed by atoms with Crippen LogP contribution in [0, 0.1) is 28.1 Å². The van der Waals surface area contributed by atoms with Crippen molar-refractivity contribution in [3.05, 3.63) is 23.8 Å². The Balaban J connectivity index is 1.83. The largest absolute Gasteiger partial charge is 0.388 e. The predicted molar refractivity (Wildman–Crippen MR) is 86.8 cm³/mol. The van der Waals surface area contributed by atoms with E-state index in [4.69, 9.17) is 0 Å². The molecule has 0 unspecified atom stereocenters. The summed E-state index contributed by atoms with van der Waals surface area (Å²) in [5.41, 5.74) is 3.57. The van der Waals surface area contributed by atoms with Crippen LogP contribution in [-0.4, -0.2) is 11.2 Å². The molecule has 1 heteroatoms. The van der Waals surface area contributed by atoms with Gasteiger partial charge in [-0.1, -0.05) is 45.4 Å². The highest BCUT2D eigenvalue weighted by Crippen LogP contribution is 2.70. The third-order valence-corrected chi connectivity index (χ3v) is 7.88. The van der Waals surface area contributed by atoms with Gasteiger partial charge in [-0.05, 0) is 66.8 Å². The van der Waals surface area contributed by atoms with Crippen molar-refractivity contribution in [2.45, 2.75) is 71.8 Å². The van der Waals surface area contributed by atoms with Crippen LogP contribution in [0.15, 0.2) is 23.8 Å². The minimum Gasteiger partial charge on any atom is -0.388 e. The Morgan fingerprint density at radius 2 is 1.95 bits per heavy atom. The van der Waals surface area contributed by atoms with Gasteiger partial charge in [0.25, 0.3) is 0 Å². The lowest BCUT2D eigenvalue weighted by Gasteiger charge is -2.61. The predicted octanol–water partition coefficient (Wildman–Crippen LogP) is 4.87. The molecule has 0 radical (unpaired) electrons. The molecular weight excluding hydrogens is 256 g/mol. The topological polar surface area (TPSA) is 20.2 Å². The Hall–Kier alpha value is -0.560. The second-order valence-electron chi connectivity index (χ2n) is 9.24. The van der Waals surface area contributed by atoms with E-state index in [1.807, 2.05) is 0 Å². The summed E-state index contributed by atoms with van der Waals surface area (Å²) in [6, 6.07) is 0. The SMILES string of the molecule is C=C1[C@@H]2CC=C3[C@@](CC[C@@H]4C(C)(C)CCC[C@@]34C)(C2)[C@@H]1O. The fourth-order valence-electron chi connectivity index (χ4n) is 6.95. The first-order chi connectivity index (χ1) is 9.81. The van der Waals surface area contributed by atoms with E-state index >= 15 is 0 Å². The fourth-order valence-corrected chi connectivity index (χ4v) is 6.95. The van der Waals surface area contributed by atoms with Crippen molar-refractivity contribution in [2.24, 2.45) is 28.1 Å². The van der Waals surface area contributed by atoms with Crippen LogP contribution in [0.4, 0.5) is 0 Å². The van der Waals surface area contributed by atoms with Crippen LogP contribution in [0.1, 0.15) is 65.7 Å². The number of aliphatic hydroxyl groups excluding tert-OH is 1. The van der Waals surface area contributed by atoms with Crippen molar-refractivity contribution in [3.63, 3.8) is 0 Å². The van der Waals surface area contributed by atoms with Crippen molar-refractivity contribution in [3.8, 4) is 0 Å². The van der Waals surface area contributed by atoms with Crippen LogP contribution in [0.25, 0.3) is 0 Å². The summed E-state index contributed by atoms with van der Waals surface area (Å²) in [5.74, 6) is 1.33. The van der Waals surface area contributed by atoms with Gasteiger partial charge in [0.05, 0.1) is 6.10 Å². The zero-order valence-electron chi connectivity index (χ0n) is 13.9. The maximum Gasteiger partial charge on any atom is 0.0844 e. The number of hydrogen-bond donors (Lipinski definition) is 1. The highest BCUT2D eigenvalue weighted by molar-refractivity contribution is 5.41. The van der Waals surface area contributed by atoms with Gasteiger partial charge in [-0.2, -0.15) is 0 Å². The van der Waals surface area contributed by atoms with Crippen LogP contribution < -0.4 is 0 Å². The summed E-state index contributed by atoms with van der Waals surface area (Å²) in [5, 5.41) is 10.9. The smallest absolute Gasteiger partial charge is 0.0844 e. The Labute approximate surface area is 129 Å². The molecule has 1 N–H and O–H groups in total. The zero-order chi connectivity index (χ0) is 15.0. The van der Waals surface area contributed by atoms with Crippen LogP contribution in [0.2, 0.25) is 0 Å². The zero-order valence-corrected chi connectivity index (χ0v) is 13.9. The second kappa shape index (κ2) is 4.04. The number of allylic oxidation sites excluding steroid dienone is 1. The van der Waals surface area contributed by atoms with Gasteiger partial charge in [0.2, 0.25) is 0 Å². The van der Waals surface area contributed by atoms with E-state index < -0.39 is 0 Å². The Morgan fingerprint density at radius 3 is 2.71 bits per heavy atom. The molecule has 3 fully saturated rings. The Bertz CT molecular complexity index is 528. The van der Waals surface area contributed by atoms with Gasteiger partial charge in [-0.3, -0.25) is 0 Å². The highest BCUT2D eigenvalue weighted by Gasteiger charge is 2.62. The van der Waals surface area contributed by atoms with Crippen molar-refractivity contribution >= 4 is 0 Å². The molecule has 4 aliphatic rings. The summed E-state index contributed by atoms with van der Waals surface area (Å²) in [6.45, 7) is 11.7. The molecule has 21 heavy (non-hydrogen) atoms. The molecule has 0 aliphatic heterocycles. The minimum atomic E-state index is -0.279. The summed E-state index contributed by atoms with van der Waals surface area (Å²) >= 11 is 0. The summed E-state index contributed by atoms with van der Waals surface area (Å²) < 4.78 is 0. The number of rotatable bonds is 0. The number of aliphatic hydroxyl groups is 1. The summed E-state index contributed by atoms with van der Waals surface area (Å²) in [6.07, 6.45) is 11.0. The van der Waals surface area contributed by atoms with Crippen molar-refractivity contribution in [1.82, 2.24) is 0 Å². The average Bonchev–Trinajstić information content (AvgIpc) is 2.59. The summed E-state index contributed by atoms with van der Waals surface area (Å²) in [7, 11) is 0. The molecule has 0 aromatic heterocycles. The normalized spacial score (nSPS) is 51.1. The third-order valence-electron chi connectivity index (χ3n) is 7.88. The first kappa shape index (κ1) is 14.1. The molecule has 4 rings (SSSR count). The van der Waals surface area contributed by atoms with Gasteiger partial charge >= 0.3 is 0 Å². The van der Waals surface area contributed by atoms with Crippen LogP contribution in [0.5, 0.6) is 0 Å². The van der Waals surface area contributed by atoms with Crippen molar-refractivity contribution in [2.75, 3.05) is 0 Å². The first-order valence-corrected chi connectivity index (χ1v) is 8.89. The van der Waals surface area contributed by atoms with Crippen LogP contribution >= 0.6 is 0 Å². The maximum atomic E-state index is 10.9. The van der Waals surface area contributed by atoms with E-state index in [-0.39, 0.29) is 11.5 Å². The summed E-state index contributed by atoms with van der Waals surface area (Å²) in [4.78, 5) is 0. The third kappa shape index (κ3) is 1.57. The molecule has 1 nitrogen and oxygen atoms in total. The lowest BCUT2D eigenvalue weighted by molar-refractivity contribution is -0.0541. The first-order valence-electron chi connectivity index (χ1n) is 8.89. The molecule has 116 valence electrons. The van der Waals surface area contributed by atoms with Gasteiger partial charge in [-0.25, -0.2) is 0 Å². The van der Waals surface area contributed by atoms with E-state index in [0.29, 0.717) is 16.7 Å². The fraction of sp³-hybridized carbons (Fsp3) is 0.800. The number of hydrogen-bond acceptors (Lipinski definition) is 1. The lowest BCUT2D eigenvalue weighted by atomic mass is 9.44. The average molecular weight is 286 g/mol. The molecule has 0 saturated heterocycles. The van der Waals surface area contributed by atoms with Gasteiger partial charge in [-0.15, -0.1) is 0 Å². The Kier molecular flexibility index (Phi) is 2.71. The van der Waals surface area contributed by atoms with Gasteiger partial charge < -0.3 is 5.11 Å². The number of fused-ring (bicyclic) bond motifs is 3. The van der Waals surface area contributed by atoms with E-state index in [0.717, 1.165) is 17.9 Å². The highest BCUT2D eigenvalue weighted by atomic mass is 16.3. The van der Waals surface area contributed by atoms with Crippen LogP contribution in [-0.2, 0) is 0 Å². The molecule has 0 heterocycles. The maximum absolute atomic E-state index is 10.9. The molecule has 0 aromatic carbocycles. The standard InChI is InChI=1S/C20H30O/c1-13-14-6-7-16-19(4)10-5-9-18(2,3)15(19)8-11-20(16,12-14)17(13)21/h7,14-15,17,21H,1,5-6,8-12H2,2-4H3/t14-,15-,17-,19-,20-/m1/s1. The molecule has 3 saturated carbocycles. The van der Waals surface area contributed by atoms with Crippen molar-refractivity contribution in [1.29, 1.82) is 0 Å². The van der Waals surface area contributed by atoms with Crippen LogP contribution in [0.3, 0.4) is 0 Å². The molecule has 4 aliphatic carbocycles. The molecule has 1 spiro atoms. The van der Waals surface area contributed by atoms with E-state index in [9.17, 15) is 5.11 Å². The molecule has 5 atom stereocenters. The van der Waals surface area contributed by atoms with E-state index in [1.54, 1.807) is 5.57 Å². The van der Waals surface area contributed by atoms with E-state index in [1.165, 1.54) is 38.5 Å². The molecular formula is C20H30O. The van der Waals surface area contributed by atoms with Gasteiger partial charge in [0.15, 0.2) is 0 Å². The quantitative estimate of drug-likeness (QED) is 0.630.